The maximum atomic E-state index is 5.75. The number of hydrogen-bond donors (Lipinski definition) is 3. The summed E-state index contributed by atoms with van der Waals surface area (Å²) < 4.78 is 0. The van der Waals surface area contributed by atoms with Crippen molar-refractivity contribution < 1.29 is 0 Å². The minimum Gasteiger partial charge on any atom is -0.396 e. The Labute approximate surface area is 94.1 Å². The smallest absolute Gasteiger partial charge is 0.106 e. The van der Waals surface area contributed by atoms with E-state index in [0.717, 1.165) is 30.9 Å². The van der Waals surface area contributed by atoms with Crippen LogP contribution in [-0.4, -0.2) is 21.5 Å². The summed E-state index contributed by atoms with van der Waals surface area (Å²) >= 11 is 0. The third kappa shape index (κ3) is 2.73. The quantitative estimate of drug-likeness (QED) is 0.662. The largest absolute Gasteiger partial charge is 0.396 e. The zero-order valence-corrected chi connectivity index (χ0v) is 8.98. The second-order valence-corrected chi connectivity index (χ2v) is 3.53. The molecule has 0 saturated heterocycles. The predicted molar refractivity (Wildman–Crippen MR) is 64.0 cm³/mol. The van der Waals surface area contributed by atoms with Gasteiger partial charge in [0, 0.05) is 31.6 Å². The third-order valence-electron chi connectivity index (χ3n) is 2.31. The van der Waals surface area contributed by atoms with Crippen LogP contribution in [0.2, 0.25) is 0 Å². The molecule has 2 aromatic heterocycles. The fraction of sp³-hybridized carbons (Fsp3) is 0.273. The van der Waals surface area contributed by atoms with Gasteiger partial charge in [0.2, 0.25) is 0 Å². The van der Waals surface area contributed by atoms with Crippen LogP contribution in [0.25, 0.3) is 0 Å². The molecule has 0 atom stereocenters. The molecule has 5 heteroatoms. The maximum absolute atomic E-state index is 5.75. The standard InChI is InChI=1S/C11H15N5/c12-9-8-13-5-3-10(9)14-4-1-2-11-15-6-7-16-11/h3,5-8H,1-2,4,12H2,(H,13,14)(H,15,16). The second kappa shape index (κ2) is 5.16. The summed E-state index contributed by atoms with van der Waals surface area (Å²) in [4.78, 5) is 11.2. The van der Waals surface area contributed by atoms with E-state index in [4.69, 9.17) is 5.73 Å². The van der Waals surface area contributed by atoms with Crippen LogP contribution < -0.4 is 11.1 Å². The monoisotopic (exact) mass is 217 g/mol. The first-order valence-electron chi connectivity index (χ1n) is 5.28. The van der Waals surface area contributed by atoms with Gasteiger partial charge in [-0.2, -0.15) is 0 Å². The zero-order valence-electron chi connectivity index (χ0n) is 8.98. The number of nitrogens with two attached hydrogens (primary N) is 1. The number of aryl methyl sites for hydroxylation is 1. The third-order valence-corrected chi connectivity index (χ3v) is 2.31. The minimum atomic E-state index is 0.681. The van der Waals surface area contributed by atoms with Crippen LogP contribution in [0.15, 0.2) is 30.9 Å². The Bertz CT molecular complexity index is 424. The zero-order chi connectivity index (χ0) is 11.2. The summed E-state index contributed by atoms with van der Waals surface area (Å²) in [7, 11) is 0. The van der Waals surface area contributed by atoms with E-state index in [1.807, 2.05) is 12.3 Å². The van der Waals surface area contributed by atoms with Crippen molar-refractivity contribution in [3.05, 3.63) is 36.7 Å². The first kappa shape index (κ1) is 10.5. The molecule has 2 rings (SSSR count). The van der Waals surface area contributed by atoms with E-state index in [-0.39, 0.29) is 0 Å². The Kier molecular flexibility index (Phi) is 3.38. The van der Waals surface area contributed by atoms with Crippen molar-refractivity contribution in [2.24, 2.45) is 0 Å². The molecule has 2 aromatic rings. The van der Waals surface area contributed by atoms with Gasteiger partial charge >= 0.3 is 0 Å². The highest BCUT2D eigenvalue weighted by Crippen LogP contribution is 2.14. The number of nitrogens with zero attached hydrogens (tertiary/aromatic N) is 2. The lowest BCUT2D eigenvalue weighted by Gasteiger charge is -2.07. The minimum absolute atomic E-state index is 0.681. The van der Waals surface area contributed by atoms with Crippen LogP contribution in [0.3, 0.4) is 0 Å². The molecule has 0 aliphatic heterocycles. The van der Waals surface area contributed by atoms with E-state index in [2.05, 4.69) is 20.3 Å². The summed E-state index contributed by atoms with van der Waals surface area (Å²) in [5, 5.41) is 3.27. The van der Waals surface area contributed by atoms with Gasteiger partial charge in [0.25, 0.3) is 0 Å². The lowest BCUT2D eigenvalue weighted by molar-refractivity contribution is 0.816. The highest BCUT2D eigenvalue weighted by molar-refractivity contribution is 5.64. The van der Waals surface area contributed by atoms with Gasteiger partial charge in [-0.1, -0.05) is 0 Å². The molecule has 5 nitrogen and oxygen atoms in total. The molecule has 0 aromatic carbocycles. The van der Waals surface area contributed by atoms with E-state index >= 15 is 0 Å². The number of nitrogens with one attached hydrogen (secondary N) is 2. The molecule has 0 aliphatic rings. The van der Waals surface area contributed by atoms with Crippen LogP contribution in [0.4, 0.5) is 11.4 Å². The highest BCUT2D eigenvalue weighted by atomic mass is 14.9. The normalized spacial score (nSPS) is 10.2. The number of nitrogen functional groups attached to an aromatic ring is 1. The number of pyridine rings is 1. The molecule has 2 heterocycles. The van der Waals surface area contributed by atoms with Crippen LogP contribution >= 0.6 is 0 Å². The van der Waals surface area contributed by atoms with Crippen molar-refractivity contribution in [1.82, 2.24) is 15.0 Å². The van der Waals surface area contributed by atoms with Crippen LogP contribution in [0.1, 0.15) is 12.2 Å². The Morgan fingerprint density at radius 1 is 1.38 bits per heavy atom. The molecule has 4 N–H and O–H groups in total. The Hall–Kier alpha value is -2.04. The summed E-state index contributed by atoms with van der Waals surface area (Å²) in [6.07, 6.45) is 8.92. The van der Waals surface area contributed by atoms with Crippen molar-refractivity contribution in [3.8, 4) is 0 Å². The summed E-state index contributed by atoms with van der Waals surface area (Å²) in [5.41, 5.74) is 7.37. The molecule has 0 radical (unpaired) electrons. The van der Waals surface area contributed by atoms with E-state index in [1.165, 1.54) is 0 Å². The molecular weight excluding hydrogens is 202 g/mol. The molecule has 0 spiro atoms. The van der Waals surface area contributed by atoms with Crippen molar-refractivity contribution in [3.63, 3.8) is 0 Å². The Morgan fingerprint density at radius 3 is 3.06 bits per heavy atom. The average molecular weight is 217 g/mol. The number of hydrogen-bond acceptors (Lipinski definition) is 4. The molecule has 84 valence electrons. The number of imidazole rings is 1. The van der Waals surface area contributed by atoms with Gasteiger partial charge < -0.3 is 16.0 Å². The average Bonchev–Trinajstić information content (AvgIpc) is 2.79. The van der Waals surface area contributed by atoms with E-state index in [1.54, 1.807) is 18.6 Å². The molecule has 0 amide bonds. The molecule has 0 bridgehead atoms. The van der Waals surface area contributed by atoms with Crippen LogP contribution in [0.5, 0.6) is 0 Å². The highest BCUT2D eigenvalue weighted by Gasteiger charge is 1.98. The van der Waals surface area contributed by atoms with Crippen molar-refractivity contribution in [1.29, 1.82) is 0 Å². The number of aromatic nitrogens is 3. The van der Waals surface area contributed by atoms with Crippen molar-refractivity contribution in [2.45, 2.75) is 12.8 Å². The topological polar surface area (TPSA) is 79.6 Å². The second-order valence-electron chi connectivity index (χ2n) is 3.53. The number of rotatable bonds is 5. The molecular formula is C11H15N5. The molecule has 0 unspecified atom stereocenters. The predicted octanol–water partition coefficient (Wildman–Crippen LogP) is 1.43. The van der Waals surface area contributed by atoms with E-state index in [9.17, 15) is 0 Å². The van der Waals surface area contributed by atoms with Crippen LogP contribution in [0, 0.1) is 0 Å². The van der Waals surface area contributed by atoms with Gasteiger partial charge in [-0.15, -0.1) is 0 Å². The van der Waals surface area contributed by atoms with E-state index < -0.39 is 0 Å². The van der Waals surface area contributed by atoms with Gasteiger partial charge in [0.05, 0.1) is 17.6 Å². The number of aromatic amines is 1. The first-order valence-corrected chi connectivity index (χ1v) is 5.28. The number of H-pyrrole nitrogens is 1. The molecule has 0 fully saturated rings. The van der Waals surface area contributed by atoms with E-state index in [0.29, 0.717) is 5.69 Å². The Morgan fingerprint density at radius 2 is 2.31 bits per heavy atom. The fourth-order valence-electron chi connectivity index (χ4n) is 1.48. The maximum Gasteiger partial charge on any atom is 0.106 e. The molecule has 0 saturated carbocycles. The summed E-state index contributed by atoms with van der Waals surface area (Å²) in [5.74, 6) is 1.02. The van der Waals surface area contributed by atoms with Gasteiger partial charge in [-0.05, 0) is 12.5 Å². The lowest BCUT2D eigenvalue weighted by Crippen LogP contribution is -2.05. The van der Waals surface area contributed by atoms with Crippen molar-refractivity contribution >= 4 is 11.4 Å². The lowest BCUT2D eigenvalue weighted by atomic mass is 10.3. The number of anilines is 2. The van der Waals surface area contributed by atoms with Gasteiger partial charge in [0.1, 0.15) is 5.82 Å². The Balaban J connectivity index is 1.74. The first-order chi connectivity index (χ1) is 7.86. The summed E-state index contributed by atoms with van der Waals surface area (Å²) in [6.45, 7) is 0.870. The summed E-state index contributed by atoms with van der Waals surface area (Å²) in [6, 6.07) is 1.88. The van der Waals surface area contributed by atoms with Gasteiger partial charge in [-0.3, -0.25) is 4.98 Å². The SMILES string of the molecule is Nc1cnccc1NCCCc1ncc[nH]1. The molecule has 16 heavy (non-hydrogen) atoms. The van der Waals surface area contributed by atoms with Crippen molar-refractivity contribution in [2.75, 3.05) is 17.6 Å². The van der Waals surface area contributed by atoms with Gasteiger partial charge in [0.15, 0.2) is 0 Å². The molecule has 0 aliphatic carbocycles. The van der Waals surface area contributed by atoms with Crippen LogP contribution in [-0.2, 0) is 6.42 Å². The van der Waals surface area contributed by atoms with Gasteiger partial charge in [-0.25, -0.2) is 4.98 Å². The fourth-order valence-corrected chi connectivity index (χ4v) is 1.48.